The fourth-order valence-corrected chi connectivity index (χ4v) is 3.05. The number of hydrogen-bond acceptors (Lipinski definition) is 9. The molecule has 0 fully saturated rings. The molecule has 0 saturated carbocycles. The number of hydrogen-bond donors (Lipinski definition) is 2. The molecule has 1 aromatic heterocycles. The van der Waals surface area contributed by atoms with E-state index in [-0.39, 0.29) is 11.5 Å². The van der Waals surface area contributed by atoms with Crippen LogP contribution in [0.5, 0.6) is 28.7 Å². The molecule has 0 aliphatic rings. The molecule has 1 heterocycles. The highest BCUT2D eigenvalue weighted by Crippen LogP contribution is 2.39. The molecule has 3 rings (SSSR count). The van der Waals surface area contributed by atoms with E-state index in [1.165, 1.54) is 40.1 Å². The van der Waals surface area contributed by atoms with Crippen molar-refractivity contribution in [1.29, 1.82) is 0 Å². The number of rotatable bonds is 7. The second-order valence-electron chi connectivity index (χ2n) is 5.83. The average Bonchev–Trinajstić information content (AvgIpc) is 2.76. The van der Waals surface area contributed by atoms with Crippen LogP contribution in [0, 0.1) is 0 Å². The first-order chi connectivity index (χ1) is 14.0. The molecule has 154 valence electrons. The molecule has 10 heteroatoms. The van der Waals surface area contributed by atoms with Crippen molar-refractivity contribution < 1.29 is 23.7 Å². The van der Waals surface area contributed by atoms with E-state index in [4.69, 9.17) is 29.5 Å². The SMILES string of the molecule is COc1cc2nc(NN)n(-c3cc(OC)c(OC)c(OC)c3)c(=O)c2cc1OC. The van der Waals surface area contributed by atoms with Gasteiger partial charge >= 0.3 is 0 Å². The summed E-state index contributed by atoms with van der Waals surface area (Å²) in [5.41, 5.74) is 2.90. The van der Waals surface area contributed by atoms with Crippen molar-refractivity contribution >= 4 is 16.9 Å². The van der Waals surface area contributed by atoms with Crippen LogP contribution in [-0.4, -0.2) is 45.1 Å². The van der Waals surface area contributed by atoms with Crippen molar-refractivity contribution in [2.24, 2.45) is 5.84 Å². The predicted molar refractivity (Wildman–Crippen MR) is 108 cm³/mol. The number of fused-ring (bicyclic) bond motifs is 1. The predicted octanol–water partition coefficient (Wildman–Crippen LogP) is 1.71. The van der Waals surface area contributed by atoms with Crippen molar-refractivity contribution in [3.8, 4) is 34.4 Å². The van der Waals surface area contributed by atoms with Gasteiger partial charge in [0, 0.05) is 18.2 Å². The van der Waals surface area contributed by atoms with Gasteiger partial charge in [0.25, 0.3) is 5.56 Å². The Hall–Kier alpha value is -3.66. The maximum atomic E-state index is 13.3. The number of ether oxygens (including phenoxy) is 5. The third-order valence-corrected chi connectivity index (χ3v) is 4.41. The van der Waals surface area contributed by atoms with Gasteiger partial charge in [-0.25, -0.2) is 15.4 Å². The lowest BCUT2D eigenvalue weighted by Crippen LogP contribution is -2.26. The minimum absolute atomic E-state index is 0.115. The van der Waals surface area contributed by atoms with Crippen LogP contribution < -0.4 is 40.5 Å². The van der Waals surface area contributed by atoms with E-state index in [1.54, 1.807) is 24.3 Å². The van der Waals surface area contributed by atoms with Crippen LogP contribution in [0.3, 0.4) is 0 Å². The first-order valence-electron chi connectivity index (χ1n) is 8.48. The van der Waals surface area contributed by atoms with Crippen LogP contribution in [0.4, 0.5) is 5.95 Å². The molecule has 0 spiro atoms. The maximum absolute atomic E-state index is 13.3. The van der Waals surface area contributed by atoms with Crippen LogP contribution in [0.25, 0.3) is 16.6 Å². The molecule has 3 aromatic rings. The number of nitrogen functional groups attached to an aromatic ring is 1. The number of nitrogens with zero attached hydrogens (tertiary/aromatic N) is 2. The average molecular weight is 402 g/mol. The van der Waals surface area contributed by atoms with Crippen molar-refractivity contribution in [3.63, 3.8) is 0 Å². The van der Waals surface area contributed by atoms with Crippen molar-refractivity contribution in [2.75, 3.05) is 41.0 Å². The fourth-order valence-electron chi connectivity index (χ4n) is 3.05. The van der Waals surface area contributed by atoms with Crippen LogP contribution >= 0.6 is 0 Å². The summed E-state index contributed by atoms with van der Waals surface area (Å²) in [6, 6.07) is 6.42. The molecule has 0 amide bonds. The summed E-state index contributed by atoms with van der Waals surface area (Å²) in [5, 5.41) is 0.315. The Balaban J connectivity index is 2.37. The molecule has 3 N–H and O–H groups in total. The summed E-state index contributed by atoms with van der Waals surface area (Å²) in [6.45, 7) is 0. The van der Waals surface area contributed by atoms with Gasteiger partial charge in [-0.05, 0) is 6.07 Å². The van der Waals surface area contributed by atoms with Gasteiger partial charge in [0.2, 0.25) is 11.7 Å². The Morgan fingerprint density at radius 1 is 0.828 bits per heavy atom. The Morgan fingerprint density at radius 2 is 1.38 bits per heavy atom. The minimum atomic E-state index is -0.377. The lowest BCUT2D eigenvalue weighted by atomic mass is 10.2. The van der Waals surface area contributed by atoms with Gasteiger partial charge in [0.05, 0.1) is 52.1 Å². The van der Waals surface area contributed by atoms with Crippen molar-refractivity contribution in [3.05, 3.63) is 34.6 Å². The monoisotopic (exact) mass is 402 g/mol. The fraction of sp³-hybridized carbons (Fsp3) is 0.263. The topological polar surface area (TPSA) is 119 Å². The van der Waals surface area contributed by atoms with E-state index >= 15 is 0 Å². The lowest BCUT2D eigenvalue weighted by molar-refractivity contribution is 0.324. The molecule has 0 radical (unpaired) electrons. The first-order valence-corrected chi connectivity index (χ1v) is 8.48. The second-order valence-corrected chi connectivity index (χ2v) is 5.83. The summed E-state index contributed by atoms with van der Waals surface area (Å²) in [4.78, 5) is 17.8. The number of nitrogens with one attached hydrogen (secondary N) is 1. The number of anilines is 1. The normalized spacial score (nSPS) is 10.6. The highest BCUT2D eigenvalue weighted by atomic mass is 16.5. The molecular weight excluding hydrogens is 380 g/mol. The number of benzene rings is 2. The quantitative estimate of drug-likeness (QED) is 0.450. The highest BCUT2D eigenvalue weighted by Gasteiger charge is 2.19. The van der Waals surface area contributed by atoms with E-state index in [0.717, 1.165) is 0 Å². The van der Waals surface area contributed by atoms with Gasteiger partial charge in [-0.15, -0.1) is 0 Å². The molecule has 0 unspecified atom stereocenters. The zero-order valence-electron chi connectivity index (χ0n) is 16.7. The minimum Gasteiger partial charge on any atom is -0.493 e. The second kappa shape index (κ2) is 8.15. The summed E-state index contributed by atoms with van der Waals surface area (Å²) in [5.74, 6) is 7.78. The Bertz CT molecular complexity index is 1090. The zero-order chi connectivity index (χ0) is 21.1. The summed E-state index contributed by atoms with van der Waals surface area (Å²) in [7, 11) is 7.47. The maximum Gasteiger partial charge on any atom is 0.267 e. The Morgan fingerprint density at radius 3 is 1.86 bits per heavy atom. The van der Waals surface area contributed by atoms with Gasteiger partial charge in [-0.2, -0.15) is 0 Å². The Kier molecular flexibility index (Phi) is 5.64. The molecule has 10 nitrogen and oxygen atoms in total. The van der Waals surface area contributed by atoms with E-state index in [1.807, 2.05) is 0 Å². The summed E-state index contributed by atoms with van der Waals surface area (Å²) >= 11 is 0. The Labute approximate surface area is 166 Å². The van der Waals surface area contributed by atoms with Gasteiger partial charge in [0.1, 0.15) is 0 Å². The number of hydrazine groups is 1. The molecule has 29 heavy (non-hydrogen) atoms. The standard InChI is InChI=1S/C19H22N4O6/c1-25-13-8-11-12(9-14(13)26-2)21-19(22-20)23(18(11)24)10-6-15(27-3)17(29-5)16(7-10)28-4/h6-9H,20H2,1-5H3,(H,21,22). The highest BCUT2D eigenvalue weighted by molar-refractivity contribution is 5.83. The molecule has 0 atom stereocenters. The van der Waals surface area contributed by atoms with Gasteiger partial charge < -0.3 is 23.7 Å². The number of nitrogens with two attached hydrogens (primary N) is 1. The molecular formula is C19H22N4O6. The van der Waals surface area contributed by atoms with E-state index in [2.05, 4.69) is 10.4 Å². The van der Waals surface area contributed by atoms with Crippen LogP contribution in [0.1, 0.15) is 0 Å². The van der Waals surface area contributed by atoms with Crippen LogP contribution in [0.2, 0.25) is 0 Å². The molecule has 0 aliphatic heterocycles. The van der Waals surface area contributed by atoms with Gasteiger partial charge in [-0.1, -0.05) is 0 Å². The summed E-state index contributed by atoms with van der Waals surface area (Å²) in [6.07, 6.45) is 0. The van der Waals surface area contributed by atoms with E-state index < -0.39 is 0 Å². The van der Waals surface area contributed by atoms with E-state index in [9.17, 15) is 4.79 Å². The van der Waals surface area contributed by atoms with Crippen LogP contribution in [0.15, 0.2) is 29.1 Å². The van der Waals surface area contributed by atoms with Crippen LogP contribution in [-0.2, 0) is 0 Å². The lowest BCUT2D eigenvalue weighted by Gasteiger charge is -2.17. The molecule has 0 saturated heterocycles. The summed E-state index contributed by atoms with van der Waals surface area (Å²) < 4.78 is 28.0. The zero-order valence-corrected chi connectivity index (χ0v) is 16.7. The van der Waals surface area contributed by atoms with Gasteiger partial charge in [0.15, 0.2) is 23.0 Å². The third-order valence-electron chi connectivity index (χ3n) is 4.41. The van der Waals surface area contributed by atoms with Gasteiger partial charge in [-0.3, -0.25) is 10.2 Å². The molecule has 0 aliphatic carbocycles. The van der Waals surface area contributed by atoms with Crippen molar-refractivity contribution in [2.45, 2.75) is 0 Å². The number of aromatic nitrogens is 2. The smallest absolute Gasteiger partial charge is 0.267 e. The molecule has 0 bridgehead atoms. The third kappa shape index (κ3) is 3.34. The number of methoxy groups -OCH3 is 5. The molecule has 2 aromatic carbocycles. The van der Waals surface area contributed by atoms with E-state index in [0.29, 0.717) is 45.3 Å². The van der Waals surface area contributed by atoms with Crippen molar-refractivity contribution in [1.82, 2.24) is 9.55 Å². The first kappa shape index (κ1) is 20.1. The largest absolute Gasteiger partial charge is 0.493 e.